The third kappa shape index (κ3) is 4.55. The van der Waals surface area contributed by atoms with Gasteiger partial charge in [0.05, 0.1) is 10.5 Å². The zero-order chi connectivity index (χ0) is 18.6. The standard InChI is InChI=1S/C16H21FN2O5S/c1-2-5-14(16(21)22)18-25(23,24)11-6-7-12(13(17)10-11)15(20)19-8-3-4-9-19/h6-7,10,14,18H,2-5,8-9H2,1H3,(H,21,22). The van der Waals surface area contributed by atoms with Crippen LogP contribution in [0.1, 0.15) is 43.0 Å². The number of likely N-dealkylation sites (tertiary alicyclic amines) is 1. The van der Waals surface area contributed by atoms with E-state index in [0.29, 0.717) is 19.5 Å². The van der Waals surface area contributed by atoms with Crippen molar-refractivity contribution in [3.8, 4) is 0 Å². The molecule has 1 aromatic rings. The summed E-state index contributed by atoms with van der Waals surface area (Å²) >= 11 is 0. The number of hydrogen-bond acceptors (Lipinski definition) is 4. The predicted molar refractivity (Wildman–Crippen MR) is 88.2 cm³/mol. The van der Waals surface area contributed by atoms with Crippen molar-refractivity contribution < 1.29 is 27.5 Å². The van der Waals surface area contributed by atoms with E-state index >= 15 is 0 Å². The number of carboxylic acids is 1. The van der Waals surface area contributed by atoms with Gasteiger partial charge in [-0.2, -0.15) is 4.72 Å². The minimum Gasteiger partial charge on any atom is -0.480 e. The first-order valence-electron chi connectivity index (χ1n) is 8.10. The summed E-state index contributed by atoms with van der Waals surface area (Å²) in [5.74, 6) is -2.71. The van der Waals surface area contributed by atoms with Gasteiger partial charge in [0.25, 0.3) is 5.91 Å². The molecule has 0 radical (unpaired) electrons. The molecule has 9 heteroatoms. The molecule has 1 aromatic carbocycles. The molecule has 0 saturated carbocycles. The van der Waals surface area contributed by atoms with E-state index in [1.165, 1.54) is 4.90 Å². The fourth-order valence-corrected chi connectivity index (χ4v) is 3.94. The van der Waals surface area contributed by atoms with E-state index in [1.54, 1.807) is 6.92 Å². The summed E-state index contributed by atoms with van der Waals surface area (Å²) in [6, 6.07) is 1.69. The normalized spacial score (nSPS) is 16.0. The molecule has 1 fully saturated rings. The van der Waals surface area contributed by atoms with Gasteiger partial charge in [-0.25, -0.2) is 12.8 Å². The lowest BCUT2D eigenvalue weighted by atomic mass is 10.2. The Bertz CT molecular complexity index is 760. The molecule has 0 aliphatic carbocycles. The number of hydrogen-bond donors (Lipinski definition) is 2. The molecule has 0 aromatic heterocycles. The zero-order valence-electron chi connectivity index (χ0n) is 13.9. The van der Waals surface area contributed by atoms with Crippen LogP contribution in [0.4, 0.5) is 4.39 Å². The van der Waals surface area contributed by atoms with Crippen LogP contribution in [0.5, 0.6) is 0 Å². The van der Waals surface area contributed by atoms with Crippen molar-refractivity contribution in [1.29, 1.82) is 0 Å². The maximum absolute atomic E-state index is 14.3. The molecule has 1 aliphatic heterocycles. The molecule has 1 unspecified atom stereocenters. The molecular weight excluding hydrogens is 351 g/mol. The minimum absolute atomic E-state index is 0.114. The molecule has 2 N–H and O–H groups in total. The Morgan fingerprint density at radius 2 is 1.96 bits per heavy atom. The second-order valence-electron chi connectivity index (χ2n) is 5.94. The summed E-state index contributed by atoms with van der Waals surface area (Å²) in [6.45, 7) is 2.83. The fourth-order valence-electron chi connectivity index (χ4n) is 2.70. The minimum atomic E-state index is -4.21. The number of rotatable bonds is 7. The van der Waals surface area contributed by atoms with Crippen LogP contribution in [-0.4, -0.2) is 49.4 Å². The van der Waals surface area contributed by atoms with Gasteiger partial charge in [0.15, 0.2) is 0 Å². The number of amides is 1. The highest BCUT2D eigenvalue weighted by Crippen LogP contribution is 2.19. The maximum Gasteiger partial charge on any atom is 0.321 e. The lowest BCUT2D eigenvalue weighted by molar-refractivity contribution is -0.139. The highest BCUT2D eigenvalue weighted by atomic mass is 32.2. The molecule has 1 saturated heterocycles. The van der Waals surface area contributed by atoms with Gasteiger partial charge in [0.1, 0.15) is 11.9 Å². The second kappa shape index (κ2) is 7.92. The number of nitrogens with zero attached hydrogens (tertiary/aromatic N) is 1. The first kappa shape index (κ1) is 19.3. The molecule has 7 nitrogen and oxygen atoms in total. The molecule has 1 aliphatic rings. The summed E-state index contributed by atoms with van der Waals surface area (Å²) in [7, 11) is -4.21. The van der Waals surface area contributed by atoms with E-state index < -0.39 is 38.7 Å². The first-order valence-corrected chi connectivity index (χ1v) is 9.58. The molecule has 138 valence electrons. The number of nitrogens with one attached hydrogen (secondary N) is 1. The van der Waals surface area contributed by atoms with Gasteiger partial charge in [-0.3, -0.25) is 9.59 Å². The SMILES string of the molecule is CCCC(NS(=O)(=O)c1ccc(C(=O)N2CCCC2)c(F)c1)C(=O)O. The Balaban J connectivity index is 2.23. The topological polar surface area (TPSA) is 104 Å². The van der Waals surface area contributed by atoms with Crippen molar-refractivity contribution in [3.63, 3.8) is 0 Å². The van der Waals surface area contributed by atoms with E-state index in [2.05, 4.69) is 4.72 Å². The van der Waals surface area contributed by atoms with Crippen LogP contribution < -0.4 is 4.72 Å². The van der Waals surface area contributed by atoms with Gasteiger partial charge in [0, 0.05) is 13.1 Å². The van der Waals surface area contributed by atoms with Gasteiger partial charge in [0.2, 0.25) is 10.0 Å². The molecule has 0 bridgehead atoms. The van der Waals surface area contributed by atoms with Crippen LogP contribution in [0.2, 0.25) is 0 Å². The number of carboxylic acid groups (broad SMARTS) is 1. The van der Waals surface area contributed by atoms with Crippen molar-refractivity contribution in [3.05, 3.63) is 29.6 Å². The van der Waals surface area contributed by atoms with Crippen molar-refractivity contribution in [2.45, 2.75) is 43.5 Å². The quantitative estimate of drug-likeness (QED) is 0.756. The zero-order valence-corrected chi connectivity index (χ0v) is 14.7. The lowest BCUT2D eigenvalue weighted by Gasteiger charge is -2.17. The molecule has 0 spiro atoms. The monoisotopic (exact) mass is 372 g/mol. The van der Waals surface area contributed by atoms with Crippen LogP contribution in [-0.2, 0) is 14.8 Å². The molecule has 1 amide bonds. The molecule has 1 heterocycles. The van der Waals surface area contributed by atoms with Crippen LogP contribution in [0, 0.1) is 5.82 Å². The third-order valence-electron chi connectivity index (χ3n) is 4.05. The number of benzene rings is 1. The second-order valence-corrected chi connectivity index (χ2v) is 7.66. The number of carbonyl (C=O) groups is 2. The largest absolute Gasteiger partial charge is 0.480 e. The van der Waals surface area contributed by atoms with Gasteiger partial charge >= 0.3 is 5.97 Å². The van der Waals surface area contributed by atoms with Gasteiger partial charge in [-0.1, -0.05) is 13.3 Å². The summed E-state index contributed by atoms with van der Waals surface area (Å²) < 4.78 is 40.9. The molecule has 2 rings (SSSR count). The number of aliphatic carboxylic acids is 1. The summed E-state index contributed by atoms with van der Waals surface area (Å²) in [6.07, 6.45) is 2.30. The first-order chi connectivity index (χ1) is 11.8. The third-order valence-corrected chi connectivity index (χ3v) is 5.52. The van der Waals surface area contributed by atoms with Gasteiger partial charge in [-0.05, 0) is 37.5 Å². The van der Waals surface area contributed by atoms with Gasteiger partial charge < -0.3 is 10.0 Å². The summed E-state index contributed by atoms with van der Waals surface area (Å²) in [4.78, 5) is 24.4. The average Bonchev–Trinajstić information content (AvgIpc) is 3.08. The Morgan fingerprint density at radius 3 is 2.48 bits per heavy atom. The maximum atomic E-state index is 14.3. The number of halogens is 1. The highest BCUT2D eigenvalue weighted by molar-refractivity contribution is 7.89. The summed E-state index contributed by atoms with van der Waals surface area (Å²) in [5.41, 5.74) is -0.191. The highest BCUT2D eigenvalue weighted by Gasteiger charge is 2.27. The predicted octanol–water partition coefficient (Wildman–Crippen LogP) is 1.59. The van der Waals surface area contributed by atoms with E-state index in [-0.39, 0.29) is 12.0 Å². The van der Waals surface area contributed by atoms with Crippen LogP contribution in [0.3, 0.4) is 0 Å². The average molecular weight is 372 g/mol. The van der Waals surface area contributed by atoms with E-state index in [0.717, 1.165) is 31.0 Å². The van der Waals surface area contributed by atoms with Crippen molar-refractivity contribution in [2.24, 2.45) is 0 Å². The number of sulfonamides is 1. The van der Waals surface area contributed by atoms with Crippen molar-refractivity contribution in [1.82, 2.24) is 9.62 Å². The van der Waals surface area contributed by atoms with E-state index in [4.69, 9.17) is 5.11 Å². The van der Waals surface area contributed by atoms with E-state index in [1.807, 2.05) is 0 Å². The Labute approximate surface area is 145 Å². The molecule has 1 atom stereocenters. The Kier molecular flexibility index (Phi) is 6.12. The van der Waals surface area contributed by atoms with Crippen molar-refractivity contribution in [2.75, 3.05) is 13.1 Å². The molecule has 25 heavy (non-hydrogen) atoms. The summed E-state index contributed by atoms with van der Waals surface area (Å²) in [5, 5.41) is 9.06. The Morgan fingerprint density at radius 1 is 1.32 bits per heavy atom. The van der Waals surface area contributed by atoms with Crippen LogP contribution in [0.15, 0.2) is 23.1 Å². The van der Waals surface area contributed by atoms with E-state index in [9.17, 15) is 22.4 Å². The lowest BCUT2D eigenvalue weighted by Crippen LogP contribution is -2.40. The van der Waals surface area contributed by atoms with Crippen molar-refractivity contribution >= 4 is 21.9 Å². The van der Waals surface area contributed by atoms with Crippen LogP contribution in [0.25, 0.3) is 0 Å². The smallest absolute Gasteiger partial charge is 0.321 e. The Hall–Kier alpha value is -2.00. The molecular formula is C16H21FN2O5S. The number of carbonyl (C=O) groups excluding carboxylic acids is 1. The van der Waals surface area contributed by atoms with Crippen LogP contribution >= 0.6 is 0 Å². The fraction of sp³-hybridized carbons (Fsp3) is 0.500. The van der Waals surface area contributed by atoms with Gasteiger partial charge in [-0.15, -0.1) is 0 Å².